The van der Waals surface area contributed by atoms with Crippen LogP contribution in [0, 0.1) is 0 Å². The predicted octanol–water partition coefficient (Wildman–Crippen LogP) is 2.61. The molecule has 7 nitrogen and oxygen atoms in total. The minimum Gasteiger partial charge on any atom is -0.359 e. The fraction of sp³-hybridized carbons (Fsp3) is 0.611. The first kappa shape index (κ1) is 19.0. The van der Waals surface area contributed by atoms with Crippen LogP contribution in [0.5, 0.6) is 0 Å². The molecule has 0 atom stereocenters. The van der Waals surface area contributed by atoms with E-state index in [2.05, 4.69) is 45.9 Å². The van der Waals surface area contributed by atoms with Crippen molar-refractivity contribution in [3.8, 4) is 0 Å². The molecule has 0 spiro atoms. The molecule has 2 heterocycles. The monoisotopic (exact) mass is 346 g/mol. The Bertz CT molecular complexity index is 656. The molecule has 0 saturated heterocycles. The molecule has 25 heavy (non-hydrogen) atoms. The first-order chi connectivity index (χ1) is 12.2. The van der Waals surface area contributed by atoms with Gasteiger partial charge in [0.25, 0.3) is 0 Å². The third-order valence-electron chi connectivity index (χ3n) is 4.33. The van der Waals surface area contributed by atoms with Gasteiger partial charge in [0.1, 0.15) is 0 Å². The molecule has 2 rings (SSSR count). The molecular formula is C18H30N6O. The first-order valence-corrected chi connectivity index (χ1v) is 9.03. The average Bonchev–Trinajstić information content (AvgIpc) is 3.25. The topological polar surface area (TPSA) is 80.3 Å². The second kappa shape index (κ2) is 9.86. The van der Waals surface area contributed by atoms with Crippen molar-refractivity contribution in [2.24, 2.45) is 12.0 Å². The van der Waals surface area contributed by atoms with Crippen LogP contribution in [-0.2, 0) is 20.0 Å². The van der Waals surface area contributed by atoms with Gasteiger partial charge in [-0.05, 0) is 31.2 Å². The van der Waals surface area contributed by atoms with Crippen LogP contribution in [0.25, 0.3) is 0 Å². The van der Waals surface area contributed by atoms with Gasteiger partial charge in [-0.1, -0.05) is 19.0 Å². The molecule has 0 radical (unpaired) electrons. The summed E-state index contributed by atoms with van der Waals surface area (Å²) in [7, 11) is 3.71. The molecule has 0 unspecified atom stereocenters. The van der Waals surface area contributed by atoms with Crippen molar-refractivity contribution in [1.29, 1.82) is 0 Å². The van der Waals surface area contributed by atoms with E-state index in [-0.39, 0.29) is 0 Å². The summed E-state index contributed by atoms with van der Waals surface area (Å²) in [6, 6.07) is 2.04. The van der Waals surface area contributed by atoms with E-state index in [1.54, 1.807) is 7.05 Å². The molecule has 2 aromatic heterocycles. The highest BCUT2D eigenvalue weighted by Gasteiger charge is 2.13. The van der Waals surface area contributed by atoms with E-state index in [1.165, 1.54) is 5.56 Å². The molecule has 0 aliphatic carbocycles. The third kappa shape index (κ3) is 5.92. The van der Waals surface area contributed by atoms with Crippen LogP contribution < -0.4 is 10.6 Å². The van der Waals surface area contributed by atoms with Gasteiger partial charge in [-0.2, -0.15) is 5.10 Å². The molecule has 0 aliphatic rings. The van der Waals surface area contributed by atoms with Crippen LogP contribution in [0.2, 0.25) is 0 Å². The summed E-state index contributed by atoms with van der Waals surface area (Å²) in [5.74, 6) is 2.08. The lowest BCUT2D eigenvalue weighted by Gasteiger charge is -2.10. The van der Waals surface area contributed by atoms with E-state index in [0.29, 0.717) is 12.5 Å². The van der Waals surface area contributed by atoms with Gasteiger partial charge in [0.15, 0.2) is 11.7 Å². The molecule has 0 fully saturated rings. The van der Waals surface area contributed by atoms with Crippen molar-refractivity contribution in [2.75, 3.05) is 13.6 Å². The van der Waals surface area contributed by atoms with E-state index < -0.39 is 0 Å². The zero-order valence-corrected chi connectivity index (χ0v) is 15.7. The minimum atomic E-state index is 0.474. The number of guanidine groups is 1. The molecule has 138 valence electrons. The smallest absolute Gasteiger partial charge is 0.191 e. The number of hydrogen-bond donors (Lipinski definition) is 2. The first-order valence-electron chi connectivity index (χ1n) is 9.03. The van der Waals surface area contributed by atoms with Crippen molar-refractivity contribution in [1.82, 2.24) is 25.6 Å². The molecule has 7 heteroatoms. The second-order valence-electron chi connectivity index (χ2n) is 6.21. The summed E-state index contributed by atoms with van der Waals surface area (Å²) in [5, 5.41) is 15.0. The Labute approximate surface area is 149 Å². The highest BCUT2D eigenvalue weighted by Crippen LogP contribution is 2.22. The van der Waals surface area contributed by atoms with E-state index in [9.17, 15) is 0 Å². The maximum atomic E-state index is 5.43. The van der Waals surface area contributed by atoms with Crippen LogP contribution >= 0.6 is 0 Å². The van der Waals surface area contributed by atoms with E-state index in [0.717, 1.165) is 49.6 Å². The largest absolute Gasteiger partial charge is 0.359 e. The molecule has 2 aromatic rings. The zero-order chi connectivity index (χ0) is 18.1. The zero-order valence-electron chi connectivity index (χ0n) is 15.7. The number of nitrogens with one attached hydrogen (secondary N) is 2. The molecule has 0 aromatic carbocycles. The number of nitrogens with zero attached hydrogens (tertiary/aromatic N) is 4. The SMILES string of the molecule is CCC(CC)c1cc(CNC(=NC)NCCCc2cnn(C)c2)on1. The maximum absolute atomic E-state index is 5.43. The summed E-state index contributed by atoms with van der Waals surface area (Å²) >= 11 is 0. The molecular weight excluding hydrogens is 316 g/mol. The van der Waals surface area contributed by atoms with Gasteiger partial charge >= 0.3 is 0 Å². The van der Waals surface area contributed by atoms with Crippen LogP contribution in [0.3, 0.4) is 0 Å². The molecule has 0 bridgehead atoms. The van der Waals surface area contributed by atoms with Crippen LogP contribution in [-0.4, -0.2) is 34.5 Å². The standard InChI is InChI=1S/C18H30N6O/c1-5-15(6-2)17-10-16(25-23-17)12-21-18(19-3)20-9-7-8-14-11-22-24(4)13-14/h10-11,13,15H,5-9,12H2,1-4H3,(H2,19,20,21). The van der Waals surface area contributed by atoms with Gasteiger partial charge in [-0.3, -0.25) is 9.67 Å². The van der Waals surface area contributed by atoms with Crippen molar-refractivity contribution < 1.29 is 4.52 Å². The predicted molar refractivity (Wildman–Crippen MR) is 99.6 cm³/mol. The Morgan fingerprint density at radius 3 is 2.76 bits per heavy atom. The Hall–Kier alpha value is -2.31. The quantitative estimate of drug-likeness (QED) is 0.414. The minimum absolute atomic E-state index is 0.474. The lowest BCUT2D eigenvalue weighted by Crippen LogP contribution is -2.37. The Morgan fingerprint density at radius 2 is 2.12 bits per heavy atom. The van der Waals surface area contributed by atoms with Gasteiger partial charge in [0.05, 0.1) is 18.4 Å². The highest BCUT2D eigenvalue weighted by atomic mass is 16.5. The van der Waals surface area contributed by atoms with Crippen molar-refractivity contribution >= 4 is 5.96 Å². The second-order valence-corrected chi connectivity index (χ2v) is 6.21. The van der Waals surface area contributed by atoms with Crippen LogP contribution in [0.15, 0.2) is 28.0 Å². The van der Waals surface area contributed by atoms with E-state index >= 15 is 0 Å². The van der Waals surface area contributed by atoms with Crippen LogP contribution in [0.4, 0.5) is 0 Å². The highest BCUT2D eigenvalue weighted by molar-refractivity contribution is 5.79. The molecule has 0 amide bonds. The van der Waals surface area contributed by atoms with Crippen molar-refractivity contribution in [3.63, 3.8) is 0 Å². The number of hydrogen-bond acceptors (Lipinski definition) is 4. The van der Waals surface area contributed by atoms with E-state index in [4.69, 9.17) is 4.52 Å². The van der Waals surface area contributed by atoms with Gasteiger partial charge in [-0.15, -0.1) is 0 Å². The lowest BCUT2D eigenvalue weighted by molar-refractivity contribution is 0.368. The van der Waals surface area contributed by atoms with Crippen molar-refractivity contribution in [3.05, 3.63) is 35.5 Å². The average molecular weight is 346 g/mol. The fourth-order valence-corrected chi connectivity index (χ4v) is 2.80. The molecule has 0 aliphatic heterocycles. The number of aryl methyl sites for hydroxylation is 2. The summed E-state index contributed by atoms with van der Waals surface area (Å²) < 4.78 is 7.26. The van der Waals surface area contributed by atoms with E-state index in [1.807, 2.05) is 24.0 Å². The van der Waals surface area contributed by atoms with Gasteiger partial charge in [0, 0.05) is 38.8 Å². The fourth-order valence-electron chi connectivity index (χ4n) is 2.80. The van der Waals surface area contributed by atoms with Gasteiger partial charge < -0.3 is 15.2 Å². The summed E-state index contributed by atoms with van der Waals surface area (Å²) in [6.07, 6.45) is 8.14. The normalized spacial score (nSPS) is 12.0. The maximum Gasteiger partial charge on any atom is 0.191 e. The molecule has 2 N–H and O–H groups in total. The Morgan fingerprint density at radius 1 is 1.32 bits per heavy atom. The van der Waals surface area contributed by atoms with Gasteiger partial charge in [-0.25, -0.2) is 0 Å². The van der Waals surface area contributed by atoms with Gasteiger partial charge in [0.2, 0.25) is 0 Å². The van der Waals surface area contributed by atoms with Crippen molar-refractivity contribution in [2.45, 2.75) is 52.0 Å². The van der Waals surface area contributed by atoms with Crippen LogP contribution in [0.1, 0.15) is 56.0 Å². The number of aromatic nitrogens is 3. The number of aliphatic imine (C=N–C) groups is 1. The summed E-state index contributed by atoms with van der Waals surface area (Å²) in [6.45, 7) is 5.79. The Kier molecular flexibility index (Phi) is 7.50. The number of rotatable bonds is 9. The third-order valence-corrected chi connectivity index (χ3v) is 4.33. The summed E-state index contributed by atoms with van der Waals surface area (Å²) in [4.78, 5) is 4.24. The summed E-state index contributed by atoms with van der Waals surface area (Å²) in [5.41, 5.74) is 2.30. The lowest BCUT2D eigenvalue weighted by atomic mass is 9.99. The Balaban J connectivity index is 1.71. The molecule has 0 saturated carbocycles.